The molecule has 2 unspecified atom stereocenters. The number of fused-ring (bicyclic) bond motifs is 1. The predicted octanol–water partition coefficient (Wildman–Crippen LogP) is 0.170. The molecule has 0 amide bonds. The van der Waals surface area contributed by atoms with E-state index in [0.717, 1.165) is 0 Å². The molecule has 0 aliphatic heterocycles. The molecular formula is C9H14N5O4P. The number of hydrogen-bond donors (Lipinski definition) is 2. The first kappa shape index (κ1) is 13.9. The summed E-state index contributed by atoms with van der Waals surface area (Å²) in [6.07, 6.45) is 2.71. The second-order valence-electron chi connectivity index (χ2n) is 3.83. The van der Waals surface area contributed by atoms with E-state index in [0.29, 0.717) is 23.5 Å². The molecule has 2 atom stereocenters. The Hall–Kier alpha value is -1.54. The number of nitrogens with two attached hydrogens (primary N) is 1. The lowest BCUT2D eigenvalue weighted by atomic mass is 10.4. The maximum atomic E-state index is 10.3. The number of anilines is 1. The van der Waals surface area contributed by atoms with Gasteiger partial charge in [-0.25, -0.2) is 15.0 Å². The Balaban J connectivity index is 2.01. The van der Waals surface area contributed by atoms with Crippen molar-refractivity contribution >= 4 is 25.2 Å². The van der Waals surface area contributed by atoms with Crippen LogP contribution in [0.25, 0.3) is 11.2 Å². The smallest absolute Gasteiger partial charge is 0.318 e. The lowest BCUT2D eigenvalue weighted by molar-refractivity contribution is -0.0346. The van der Waals surface area contributed by atoms with Crippen LogP contribution >= 0.6 is 8.25 Å². The van der Waals surface area contributed by atoms with Crippen LogP contribution in [0, 0.1) is 0 Å². The summed E-state index contributed by atoms with van der Waals surface area (Å²) in [7, 11) is -2.96. The average molecular weight is 287 g/mol. The third kappa shape index (κ3) is 3.48. The molecule has 2 aromatic heterocycles. The highest BCUT2D eigenvalue weighted by atomic mass is 31.1. The fraction of sp³-hybridized carbons (Fsp3) is 0.444. The zero-order valence-corrected chi connectivity index (χ0v) is 11.2. The largest absolute Gasteiger partial charge is 0.382 e. The fourth-order valence-electron chi connectivity index (χ4n) is 1.56. The van der Waals surface area contributed by atoms with Gasteiger partial charge in [0, 0.05) is 0 Å². The molecule has 0 aliphatic rings. The Bertz CT molecular complexity index is 589. The van der Waals surface area contributed by atoms with Gasteiger partial charge < -0.3 is 19.9 Å². The zero-order chi connectivity index (χ0) is 13.8. The molecule has 2 aromatic rings. The molecular weight excluding hydrogens is 273 g/mol. The van der Waals surface area contributed by atoms with Gasteiger partial charge in [0.15, 0.2) is 18.3 Å². The van der Waals surface area contributed by atoms with E-state index in [-0.39, 0.29) is 12.9 Å². The van der Waals surface area contributed by atoms with Gasteiger partial charge in [-0.1, -0.05) is 0 Å². The minimum absolute atomic E-state index is 0.237. The highest BCUT2D eigenvalue weighted by molar-refractivity contribution is 7.32. The van der Waals surface area contributed by atoms with Gasteiger partial charge >= 0.3 is 8.25 Å². The molecule has 19 heavy (non-hydrogen) atoms. The molecule has 0 saturated carbocycles. The molecule has 0 radical (unpaired) electrons. The van der Waals surface area contributed by atoms with Crippen molar-refractivity contribution in [1.29, 1.82) is 0 Å². The number of aromatic nitrogens is 4. The van der Waals surface area contributed by atoms with Crippen LogP contribution < -0.4 is 5.73 Å². The van der Waals surface area contributed by atoms with E-state index in [1.807, 2.05) is 0 Å². The maximum absolute atomic E-state index is 10.3. The first-order valence-electron chi connectivity index (χ1n) is 5.46. The highest BCUT2D eigenvalue weighted by Gasteiger charge is 2.11. The Morgan fingerprint density at radius 1 is 1.53 bits per heavy atom. The third-order valence-corrected chi connectivity index (χ3v) is 2.78. The van der Waals surface area contributed by atoms with Gasteiger partial charge in [0.25, 0.3) is 0 Å². The second kappa shape index (κ2) is 6.07. The number of imidazole rings is 1. The third-order valence-electron chi connectivity index (χ3n) is 2.42. The minimum Gasteiger partial charge on any atom is -0.382 e. The Morgan fingerprint density at radius 3 is 3.05 bits per heavy atom. The topological polar surface area (TPSA) is 125 Å². The van der Waals surface area contributed by atoms with Crippen LogP contribution in [0.2, 0.25) is 0 Å². The molecule has 0 bridgehead atoms. The molecule has 2 heterocycles. The van der Waals surface area contributed by atoms with Crippen molar-refractivity contribution in [2.24, 2.45) is 0 Å². The van der Waals surface area contributed by atoms with Crippen molar-refractivity contribution in [3.05, 3.63) is 12.7 Å². The van der Waals surface area contributed by atoms with E-state index in [9.17, 15) is 4.57 Å². The lowest BCUT2D eigenvalue weighted by Gasteiger charge is -2.13. The number of ether oxygens (including phenoxy) is 1. The SMILES string of the molecule is CC(Cn1cnc2c(N)ncnc21)OCO[PH](=O)O. The van der Waals surface area contributed by atoms with Gasteiger partial charge in [-0.05, 0) is 6.92 Å². The van der Waals surface area contributed by atoms with Gasteiger partial charge in [0.2, 0.25) is 0 Å². The fourth-order valence-corrected chi connectivity index (χ4v) is 1.73. The summed E-state index contributed by atoms with van der Waals surface area (Å²) in [5.41, 5.74) is 6.82. The molecule has 2 rings (SSSR count). The van der Waals surface area contributed by atoms with Gasteiger partial charge in [-0.3, -0.25) is 9.09 Å². The summed E-state index contributed by atoms with van der Waals surface area (Å²) >= 11 is 0. The van der Waals surface area contributed by atoms with E-state index in [4.69, 9.17) is 15.4 Å². The van der Waals surface area contributed by atoms with Crippen molar-refractivity contribution in [3.63, 3.8) is 0 Å². The highest BCUT2D eigenvalue weighted by Crippen LogP contribution is 2.16. The maximum Gasteiger partial charge on any atom is 0.318 e. The van der Waals surface area contributed by atoms with Crippen LogP contribution in [0.5, 0.6) is 0 Å². The van der Waals surface area contributed by atoms with E-state index < -0.39 is 8.25 Å². The van der Waals surface area contributed by atoms with Crippen molar-refractivity contribution in [3.8, 4) is 0 Å². The number of hydrogen-bond acceptors (Lipinski definition) is 7. The first-order chi connectivity index (χ1) is 9.08. The summed E-state index contributed by atoms with van der Waals surface area (Å²) in [6.45, 7) is 2.02. The standard InChI is InChI=1S/C9H14N5O4P/c1-6(17-5-18-19(15)16)2-14-4-13-7-8(10)11-3-12-9(7)14/h3-4,6,19H,2,5H2,1H3,(H,15,16)(H2,10,11,12). The van der Waals surface area contributed by atoms with Gasteiger partial charge in [-0.15, -0.1) is 0 Å². The number of nitrogens with zero attached hydrogens (tertiary/aromatic N) is 4. The van der Waals surface area contributed by atoms with Crippen molar-refractivity contribution in [2.45, 2.75) is 19.6 Å². The normalized spacial score (nSPS) is 14.6. The summed E-state index contributed by atoms with van der Waals surface area (Å²) in [4.78, 5) is 20.6. The van der Waals surface area contributed by atoms with Crippen molar-refractivity contribution in [1.82, 2.24) is 19.5 Å². The van der Waals surface area contributed by atoms with Crippen molar-refractivity contribution < 1.29 is 18.7 Å². The Labute approximate surface area is 109 Å². The van der Waals surface area contributed by atoms with E-state index in [1.54, 1.807) is 17.8 Å². The summed E-state index contributed by atoms with van der Waals surface area (Å²) in [6, 6.07) is 0. The van der Waals surface area contributed by atoms with Crippen LogP contribution in [0.15, 0.2) is 12.7 Å². The Morgan fingerprint density at radius 2 is 2.32 bits per heavy atom. The first-order valence-corrected chi connectivity index (χ1v) is 6.73. The Kier molecular flexibility index (Phi) is 4.43. The summed E-state index contributed by atoms with van der Waals surface area (Å²) in [5.74, 6) is 0.319. The molecule has 0 aromatic carbocycles. The molecule has 3 N–H and O–H groups in total. The van der Waals surface area contributed by atoms with Crippen LogP contribution in [0.4, 0.5) is 5.82 Å². The number of rotatable bonds is 6. The van der Waals surface area contributed by atoms with Gasteiger partial charge in [-0.2, -0.15) is 0 Å². The molecule has 10 heteroatoms. The monoisotopic (exact) mass is 287 g/mol. The van der Waals surface area contributed by atoms with Crippen LogP contribution in [-0.2, 0) is 20.4 Å². The molecule has 0 aliphatic carbocycles. The quantitative estimate of drug-likeness (QED) is 0.568. The predicted molar refractivity (Wildman–Crippen MR) is 67.5 cm³/mol. The molecule has 9 nitrogen and oxygen atoms in total. The minimum atomic E-state index is -2.96. The lowest BCUT2D eigenvalue weighted by Crippen LogP contribution is -2.17. The van der Waals surface area contributed by atoms with E-state index >= 15 is 0 Å². The molecule has 0 saturated heterocycles. The van der Waals surface area contributed by atoms with E-state index in [1.165, 1.54) is 6.33 Å². The van der Waals surface area contributed by atoms with Gasteiger partial charge in [0.05, 0.1) is 19.0 Å². The van der Waals surface area contributed by atoms with Crippen molar-refractivity contribution in [2.75, 3.05) is 12.5 Å². The second-order valence-corrected chi connectivity index (χ2v) is 4.65. The van der Waals surface area contributed by atoms with Crippen LogP contribution in [0.3, 0.4) is 0 Å². The zero-order valence-electron chi connectivity index (χ0n) is 10.2. The average Bonchev–Trinajstić information content (AvgIpc) is 2.73. The molecule has 0 spiro atoms. The summed E-state index contributed by atoms with van der Waals surface area (Å²) < 4.78 is 21.8. The van der Waals surface area contributed by atoms with Crippen LogP contribution in [-0.4, -0.2) is 37.3 Å². The summed E-state index contributed by atoms with van der Waals surface area (Å²) in [5, 5.41) is 0. The number of nitrogen functional groups attached to an aromatic ring is 1. The van der Waals surface area contributed by atoms with E-state index in [2.05, 4.69) is 19.5 Å². The van der Waals surface area contributed by atoms with Gasteiger partial charge in [0.1, 0.15) is 11.8 Å². The van der Waals surface area contributed by atoms with Crippen LogP contribution in [0.1, 0.15) is 6.92 Å². The molecule has 104 valence electrons. The molecule has 0 fully saturated rings.